The molecule has 0 saturated carbocycles. The highest BCUT2D eigenvalue weighted by atomic mass is 16.5. The summed E-state index contributed by atoms with van der Waals surface area (Å²) in [5.41, 5.74) is 0.464. The highest BCUT2D eigenvalue weighted by Gasteiger charge is 2.54. The first-order valence-corrected chi connectivity index (χ1v) is 13.3. The Bertz CT molecular complexity index is 1330. The highest BCUT2D eigenvalue weighted by Crippen LogP contribution is 2.39. The van der Waals surface area contributed by atoms with Gasteiger partial charge < -0.3 is 28.8 Å². The molecular weight excluding hydrogens is 514 g/mol. The van der Waals surface area contributed by atoms with Crippen molar-refractivity contribution in [3.63, 3.8) is 0 Å². The second-order valence-corrected chi connectivity index (χ2v) is 9.81. The molecule has 2 aliphatic heterocycles. The quantitative estimate of drug-likeness (QED) is 0.461. The van der Waals surface area contributed by atoms with Crippen molar-refractivity contribution in [3.8, 4) is 11.5 Å². The number of hydrogen-bond donors (Lipinski definition) is 1. The van der Waals surface area contributed by atoms with E-state index >= 15 is 0 Å². The Balaban J connectivity index is 1.29. The van der Waals surface area contributed by atoms with Crippen molar-refractivity contribution in [1.82, 2.24) is 15.1 Å². The van der Waals surface area contributed by atoms with Gasteiger partial charge in [0.05, 0.1) is 27.1 Å². The van der Waals surface area contributed by atoms with Crippen LogP contribution in [0.1, 0.15) is 39.3 Å². The number of nitrogens with zero attached hydrogens (tertiary/aromatic N) is 2. The molecule has 3 amide bonds. The summed E-state index contributed by atoms with van der Waals surface area (Å²) in [6, 6.07) is 17.0. The number of nitrogens with one attached hydrogen (secondary N) is 1. The molecule has 5 rings (SSSR count). The van der Waals surface area contributed by atoms with Crippen molar-refractivity contribution < 1.29 is 33.0 Å². The van der Waals surface area contributed by atoms with Crippen molar-refractivity contribution in [2.75, 3.05) is 40.5 Å². The van der Waals surface area contributed by atoms with E-state index in [1.54, 1.807) is 60.4 Å². The molecule has 2 aromatic carbocycles. The van der Waals surface area contributed by atoms with Crippen LogP contribution in [-0.2, 0) is 16.0 Å². The van der Waals surface area contributed by atoms with Gasteiger partial charge in [-0.3, -0.25) is 19.3 Å². The standard InChI is InChI=1S/C30H33N3O7/c1-37-24-11-10-21(19-26(24)38-2)12-15-31-27(34)23-20-40-30(33(23)28(35)22-7-4-3-5-8-22)13-16-32(17-14-30)29(36)25-9-6-18-39-25/h3-11,18-19,23H,12-17,20H2,1-2H3,(H,31,34)/t23-/m0/s1. The number of benzene rings is 2. The molecule has 40 heavy (non-hydrogen) atoms. The van der Waals surface area contributed by atoms with Crippen LogP contribution in [0.5, 0.6) is 11.5 Å². The van der Waals surface area contributed by atoms with E-state index in [9.17, 15) is 14.4 Å². The molecule has 210 valence electrons. The molecule has 10 heteroatoms. The number of amides is 3. The molecule has 1 N–H and O–H groups in total. The second-order valence-electron chi connectivity index (χ2n) is 9.81. The van der Waals surface area contributed by atoms with Crippen LogP contribution in [0.2, 0.25) is 0 Å². The molecule has 3 aromatic rings. The van der Waals surface area contributed by atoms with Crippen LogP contribution < -0.4 is 14.8 Å². The van der Waals surface area contributed by atoms with Gasteiger partial charge in [0.15, 0.2) is 17.3 Å². The molecule has 0 radical (unpaired) electrons. The van der Waals surface area contributed by atoms with E-state index in [4.69, 9.17) is 18.6 Å². The molecule has 1 atom stereocenters. The molecule has 3 heterocycles. The van der Waals surface area contributed by atoms with Crippen LogP contribution in [-0.4, -0.2) is 79.7 Å². The molecule has 2 aliphatic rings. The van der Waals surface area contributed by atoms with Gasteiger partial charge in [0.1, 0.15) is 11.8 Å². The fraction of sp³-hybridized carbons (Fsp3) is 0.367. The predicted molar refractivity (Wildman–Crippen MR) is 145 cm³/mol. The summed E-state index contributed by atoms with van der Waals surface area (Å²) in [6.07, 6.45) is 2.80. The van der Waals surface area contributed by atoms with E-state index in [1.165, 1.54) is 6.26 Å². The molecule has 2 fully saturated rings. The maximum Gasteiger partial charge on any atom is 0.289 e. The third-order valence-electron chi connectivity index (χ3n) is 7.53. The molecule has 2 saturated heterocycles. The summed E-state index contributed by atoms with van der Waals surface area (Å²) < 4.78 is 22.2. The van der Waals surface area contributed by atoms with Crippen LogP contribution >= 0.6 is 0 Å². The Kier molecular flexibility index (Phi) is 8.06. The third kappa shape index (κ3) is 5.40. The average molecular weight is 548 g/mol. The molecule has 10 nitrogen and oxygen atoms in total. The van der Waals surface area contributed by atoms with E-state index in [2.05, 4.69) is 5.32 Å². The second kappa shape index (κ2) is 11.8. The first-order chi connectivity index (χ1) is 19.5. The Labute approximate surface area is 232 Å². The summed E-state index contributed by atoms with van der Waals surface area (Å²) in [7, 11) is 3.16. The highest BCUT2D eigenvalue weighted by molar-refractivity contribution is 5.98. The third-order valence-corrected chi connectivity index (χ3v) is 7.53. The van der Waals surface area contributed by atoms with Crippen molar-refractivity contribution in [3.05, 3.63) is 83.8 Å². The van der Waals surface area contributed by atoms with Crippen molar-refractivity contribution >= 4 is 17.7 Å². The minimum Gasteiger partial charge on any atom is -0.493 e. The van der Waals surface area contributed by atoms with E-state index in [-0.39, 0.29) is 30.1 Å². The zero-order chi connectivity index (χ0) is 28.1. The summed E-state index contributed by atoms with van der Waals surface area (Å²) in [6.45, 7) is 1.18. The normalized spacial score (nSPS) is 18.0. The smallest absolute Gasteiger partial charge is 0.289 e. The van der Waals surface area contributed by atoms with E-state index in [1.807, 2.05) is 24.3 Å². The number of furan rings is 1. The van der Waals surface area contributed by atoms with Crippen LogP contribution in [0.15, 0.2) is 71.3 Å². The number of carbonyl (C=O) groups excluding carboxylic acids is 3. The van der Waals surface area contributed by atoms with E-state index in [0.29, 0.717) is 56.0 Å². The summed E-state index contributed by atoms with van der Waals surface area (Å²) in [5, 5.41) is 2.98. The van der Waals surface area contributed by atoms with Gasteiger partial charge >= 0.3 is 0 Å². The molecule has 1 spiro atoms. The van der Waals surface area contributed by atoms with Gasteiger partial charge in [-0.1, -0.05) is 24.3 Å². The number of carbonyl (C=O) groups is 3. The minimum atomic E-state index is -0.988. The summed E-state index contributed by atoms with van der Waals surface area (Å²) in [5.74, 6) is 0.764. The lowest BCUT2D eigenvalue weighted by Crippen LogP contribution is -2.59. The molecule has 0 unspecified atom stereocenters. The van der Waals surface area contributed by atoms with Crippen LogP contribution in [0, 0.1) is 0 Å². The van der Waals surface area contributed by atoms with Crippen LogP contribution in [0.25, 0.3) is 0 Å². The summed E-state index contributed by atoms with van der Waals surface area (Å²) in [4.78, 5) is 43.4. The van der Waals surface area contributed by atoms with Gasteiger partial charge in [-0.25, -0.2) is 0 Å². The van der Waals surface area contributed by atoms with Gasteiger partial charge in [0.2, 0.25) is 5.91 Å². The van der Waals surface area contributed by atoms with Gasteiger partial charge in [-0.15, -0.1) is 0 Å². The molecule has 0 bridgehead atoms. The topological polar surface area (TPSA) is 111 Å². The van der Waals surface area contributed by atoms with E-state index in [0.717, 1.165) is 5.56 Å². The Morgan fingerprint density at radius 2 is 1.70 bits per heavy atom. The number of ether oxygens (including phenoxy) is 3. The number of methoxy groups -OCH3 is 2. The number of hydrogen-bond acceptors (Lipinski definition) is 7. The zero-order valence-electron chi connectivity index (χ0n) is 22.6. The summed E-state index contributed by atoms with van der Waals surface area (Å²) >= 11 is 0. The molecule has 1 aromatic heterocycles. The van der Waals surface area contributed by atoms with Crippen molar-refractivity contribution in [1.29, 1.82) is 0 Å². The van der Waals surface area contributed by atoms with Crippen LogP contribution in [0.3, 0.4) is 0 Å². The lowest BCUT2D eigenvalue weighted by Gasteiger charge is -2.44. The van der Waals surface area contributed by atoms with Crippen molar-refractivity contribution in [2.24, 2.45) is 0 Å². The fourth-order valence-electron chi connectivity index (χ4n) is 5.39. The van der Waals surface area contributed by atoms with Gasteiger partial charge in [-0.2, -0.15) is 0 Å². The minimum absolute atomic E-state index is 0.0763. The number of piperidine rings is 1. The maximum absolute atomic E-state index is 13.8. The first kappa shape index (κ1) is 27.3. The SMILES string of the molecule is COc1ccc(CCNC(=O)[C@@H]2COC3(CCN(C(=O)c4ccco4)CC3)N2C(=O)c2ccccc2)cc1OC. The monoisotopic (exact) mass is 547 g/mol. The van der Waals surface area contributed by atoms with Crippen molar-refractivity contribution in [2.45, 2.75) is 31.0 Å². The van der Waals surface area contributed by atoms with E-state index < -0.39 is 11.8 Å². The van der Waals surface area contributed by atoms with Gasteiger partial charge in [0.25, 0.3) is 11.8 Å². The predicted octanol–water partition coefficient (Wildman–Crippen LogP) is 3.13. The number of rotatable bonds is 8. The van der Waals surface area contributed by atoms with Gasteiger partial charge in [0, 0.05) is 38.0 Å². The van der Waals surface area contributed by atoms with Gasteiger partial charge in [-0.05, 0) is 48.4 Å². The maximum atomic E-state index is 13.8. The lowest BCUT2D eigenvalue weighted by atomic mass is 9.96. The largest absolute Gasteiger partial charge is 0.493 e. The molecular formula is C30H33N3O7. The molecule has 0 aliphatic carbocycles. The fourth-order valence-corrected chi connectivity index (χ4v) is 5.39. The zero-order valence-corrected chi connectivity index (χ0v) is 22.6. The Hall–Kier alpha value is -4.31. The number of likely N-dealkylation sites (tertiary alicyclic amines) is 1. The first-order valence-electron chi connectivity index (χ1n) is 13.3. The average Bonchev–Trinajstić information content (AvgIpc) is 3.66. The Morgan fingerprint density at radius 3 is 2.38 bits per heavy atom. The Morgan fingerprint density at radius 1 is 0.950 bits per heavy atom. The van der Waals surface area contributed by atoms with Crippen LogP contribution in [0.4, 0.5) is 0 Å². The lowest BCUT2D eigenvalue weighted by molar-refractivity contribution is -0.128.